The van der Waals surface area contributed by atoms with Crippen molar-refractivity contribution in [3.05, 3.63) is 30.1 Å². The molecule has 0 aromatic carbocycles. The third-order valence-electron chi connectivity index (χ3n) is 3.12. The minimum Gasteiger partial charge on any atom is -0.397 e. The minimum atomic E-state index is -4.48. The molecule has 106 valence electrons. The van der Waals surface area contributed by atoms with Crippen LogP contribution in [0.15, 0.2) is 18.5 Å². The fourth-order valence-electron chi connectivity index (χ4n) is 2.21. The summed E-state index contributed by atoms with van der Waals surface area (Å²) in [5.41, 5.74) is 6.91. The first-order valence-electron chi connectivity index (χ1n) is 5.90. The molecule has 1 aliphatic rings. The number of alkyl halides is 3. The molecule has 0 amide bonds. The van der Waals surface area contributed by atoms with Crippen LogP contribution in [0.25, 0.3) is 0 Å². The van der Waals surface area contributed by atoms with Gasteiger partial charge in [0.25, 0.3) is 0 Å². The molecule has 2 N–H and O–H groups in total. The normalized spacial score (nSPS) is 15.2. The molecular weight excluding hydrogens is 273 g/mol. The molecule has 2 aromatic heterocycles. The van der Waals surface area contributed by atoms with Crippen LogP contribution in [0.3, 0.4) is 0 Å². The first-order chi connectivity index (χ1) is 9.45. The van der Waals surface area contributed by atoms with Gasteiger partial charge in [0.2, 0.25) is 5.82 Å². The minimum absolute atomic E-state index is 0.173. The van der Waals surface area contributed by atoms with Gasteiger partial charge in [-0.25, -0.2) is 0 Å². The molecule has 0 spiro atoms. The van der Waals surface area contributed by atoms with Gasteiger partial charge in [0.05, 0.1) is 24.1 Å². The molecule has 0 radical (unpaired) electrons. The monoisotopic (exact) mass is 284 g/mol. The van der Waals surface area contributed by atoms with E-state index in [2.05, 4.69) is 15.2 Å². The molecule has 20 heavy (non-hydrogen) atoms. The average molecular weight is 284 g/mol. The van der Waals surface area contributed by atoms with Gasteiger partial charge >= 0.3 is 6.18 Å². The SMILES string of the molecule is Nc1cncc(N2CCn3c(nnc3C(F)(F)F)C2)c1. The van der Waals surface area contributed by atoms with Crippen LogP contribution >= 0.6 is 0 Å². The lowest BCUT2D eigenvalue weighted by Crippen LogP contribution is -2.35. The number of hydrogen-bond acceptors (Lipinski definition) is 5. The second-order valence-electron chi connectivity index (χ2n) is 4.49. The van der Waals surface area contributed by atoms with Gasteiger partial charge in [0, 0.05) is 19.3 Å². The molecule has 0 atom stereocenters. The highest BCUT2D eigenvalue weighted by Crippen LogP contribution is 2.30. The lowest BCUT2D eigenvalue weighted by atomic mass is 10.3. The van der Waals surface area contributed by atoms with Crippen LogP contribution in [0.1, 0.15) is 11.6 Å². The van der Waals surface area contributed by atoms with Gasteiger partial charge in [0.15, 0.2) is 5.82 Å². The van der Waals surface area contributed by atoms with E-state index in [9.17, 15) is 13.2 Å². The largest absolute Gasteiger partial charge is 0.451 e. The Hall–Kier alpha value is -2.32. The van der Waals surface area contributed by atoms with E-state index in [1.807, 2.05) is 4.90 Å². The fourth-order valence-corrected chi connectivity index (χ4v) is 2.21. The van der Waals surface area contributed by atoms with E-state index in [0.717, 1.165) is 10.3 Å². The molecule has 0 saturated carbocycles. The molecular formula is C11H11F3N6. The number of rotatable bonds is 1. The molecule has 9 heteroatoms. The smallest absolute Gasteiger partial charge is 0.397 e. The first-order valence-corrected chi connectivity index (χ1v) is 5.90. The summed E-state index contributed by atoms with van der Waals surface area (Å²) < 4.78 is 39.3. The zero-order valence-electron chi connectivity index (χ0n) is 10.3. The topological polar surface area (TPSA) is 72.9 Å². The maximum atomic E-state index is 12.7. The lowest BCUT2D eigenvalue weighted by Gasteiger charge is -2.29. The molecule has 0 bridgehead atoms. The molecule has 1 aliphatic heterocycles. The van der Waals surface area contributed by atoms with Crippen LogP contribution in [0, 0.1) is 0 Å². The van der Waals surface area contributed by atoms with Gasteiger partial charge in [-0.05, 0) is 6.07 Å². The van der Waals surface area contributed by atoms with Crippen LogP contribution in [-0.4, -0.2) is 26.3 Å². The zero-order chi connectivity index (χ0) is 14.3. The van der Waals surface area contributed by atoms with Crippen molar-refractivity contribution in [3.8, 4) is 0 Å². The highest BCUT2D eigenvalue weighted by Gasteiger charge is 2.39. The zero-order valence-corrected chi connectivity index (χ0v) is 10.3. The number of anilines is 2. The quantitative estimate of drug-likeness (QED) is 0.854. The summed E-state index contributed by atoms with van der Waals surface area (Å²) in [5.74, 6) is -0.663. The summed E-state index contributed by atoms with van der Waals surface area (Å²) in [4.78, 5) is 5.84. The van der Waals surface area contributed by atoms with Crippen molar-refractivity contribution >= 4 is 11.4 Å². The molecule has 0 aliphatic carbocycles. The van der Waals surface area contributed by atoms with E-state index in [4.69, 9.17) is 5.73 Å². The van der Waals surface area contributed by atoms with Crippen molar-refractivity contribution in [1.82, 2.24) is 19.7 Å². The van der Waals surface area contributed by atoms with E-state index in [-0.39, 0.29) is 18.9 Å². The number of pyridine rings is 1. The molecule has 2 aromatic rings. The Balaban J connectivity index is 1.88. The van der Waals surface area contributed by atoms with Crippen LogP contribution < -0.4 is 10.6 Å². The van der Waals surface area contributed by atoms with Crippen molar-refractivity contribution in [2.24, 2.45) is 0 Å². The molecule has 0 saturated heterocycles. The Morgan fingerprint density at radius 1 is 1.15 bits per heavy atom. The van der Waals surface area contributed by atoms with Gasteiger partial charge in [-0.3, -0.25) is 4.98 Å². The lowest BCUT2D eigenvalue weighted by molar-refractivity contribution is -0.147. The van der Waals surface area contributed by atoms with E-state index in [1.165, 1.54) is 6.20 Å². The average Bonchev–Trinajstić information content (AvgIpc) is 2.81. The van der Waals surface area contributed by atoms with Crippen LogP contribution in [0.4, 0.5) is 24.5 Å². The highest BCUT2D eigenvalue weighted by molar-refractivity contribution is 5.53. The predicted molar refractivity (Wildman–Crippen MR) is 64.7 cm³/mol. The number of nitrogen functional groups attached to an aromatic ring is 1. The summed E-state index contributed by atoms with van der Waals surface area (Å²) in [5, 5.41) is 6.86. The maximum Gasteiger partial charge on any atom is 0.451 e. The maximum absolute atomic E-state index is 12.7. The second-order valence-corrected chi connectivity index (χ2v) is 4.49. The summed E-state index contributed by atoms with van der Waals surface area (Å²) in [7, 11) is 0. The van der Waals surface area contributed by atoms with Gasteiger partial charge in [-0.2, -0.15) is 13.2 Å². The Morgan fingerprint density at radius 3 is 2.65 bits per heavy atom. The molecule has 3 rings (SSSR count). The van der Waals surface area contributed by atoms with E-state index in [1.54, 1.807) is 12.3 Å². The number of nitrogens with two attached hydrogens (primary N) is 1. The number of nitrogens with zero attached hydrogens (tertiary/aromatic N) is 5. The Labute approximate surface area is 112 Å². The van der Waals surface area contributed by atoms with Crippen molar-refractivity contribution < 1.29 is 13.2 Å². The van der Waals surface area contributed by atoms with E-state index >= 15 is 0 Å². The van der Waals surface area contributed by atoms with Crippen LogP contribution in [-0.2, 0) is 19.3 Å². The highest BCUT2D eigenvalue weighted by atomic mass is 19.4. The second kappa shape index (κ2) is 4.36. The van der Waals surface area contributed by atoms with Gasteiger partial charge in [-0.15, -0.1) is 10.2 Å². The van der Waals surface area contributed by atoms with Crippen LogP contribution in [0.2, 0.25) is 0 Å². The van der Waals surface area contributed by atoms with Gasteiger partial charge in [-0.1, -0.05) is 0 Å². The molecule has 0 fully saturated rings. The van der Waals surface area contributed by atoms with E-state index < -0.39 is 12.0 Å². The Bertz CT molecular complexity index is 635. The van der Waals surface area contributed by atoms with Gasteiger partial charge in [0.1, 0.15) is 0 Å². The Morgan fingerprint density at radius 2 is 1.95 bits per heavy atom. The van der Waals surface area contributed by atoms with Crippen molar-refractivity contribution in [2.45, 2.75) is 19.3 Å². The predicted octanol–water partition coefficient (Wildman–Crippen LogP) is 1.29. The third kappa shape index (κ3) is 2.15. The van der Waals surface area contributed by atoms with Gasteiger partial charge < -0.3 is 15.2 Å². The number of hydrogen-bond donors (Lipinski definition) is 1. The van der Waals surface area contributed by atoms with Crippen LogP contribution in [0.5, 0.6) is 0 Å². The fraction of sp³-hybridized carbons (Fsp3) is 0.364. The summed E-state index contributed by atoms with van der Waals surface area (Å²) in [6, 6.07) is 1.73. The van der Waals surface area contributed by atoms with Crippen molar-refractivity contribution in [2.75, 3.05) is 17.2 Å². The van der Waals surface area contributed by atoms with E-state index in [0.29, 0.717) is 12.2 Å². The Kier molecular flexibility index (Phi) is 2.77. The first kappa shape index (κ1) is 12.7. The molecule has 0 unspecified atom stereocenters. The molecule has 6 nitrogen and oxygen atoms in total. The summed E-state index contributed by atoms with van der Waals surface area (Å²) in [6.07, 6.45) is -1.35. The number of halogens is 3. The van der Waals surface area contributed by atoms with Crippen molar-refractivity contribution in [3.63, 3.8) is 0 Å². The third-order valence-corrected chi connectivity index (χ3v) is 3.12. The summed E-state index contributed by atoms with van der Waals surface area (Å²) >= 11 is 0. The number of fused-ring (bicyclic) bond motifs is 1. The van der Waals surface area contributed by atoms with Crippen molar-refractivity contribution in [1.29, 1.82) is 0 Å². The standard InChI is InChI=1S/C11H11F3N6/c12-11(13,14)10-18-17-9-6-19(1-2-20(9)10)8-3-7(15)4-16-5-8/h3-5H,1-2,6,15H2. The number of aromatic nitrogens is 4. The summed E-state index contributed by atoms with van der Waals surface area (Å²) in [6.45, 7) is 0.833. The molecule has 3 heterocycles.